The van der Waals surface area contributed by atoms with Gasteiger partial charge in [-0.05, 0) is 40.5 Å². The van der Waals surface area contributed by atoms with E-state index < -0.39 is 11.6 Å². The summed E-state index contributed by atoms with van der Waals surface area (Å²) >= 11 is 3.01. The lowest BCUT2D eigenvalue weighted by atomic mass is 9.92. The fourth-order valence-electron chi connectivity index (χ4n) is 2.23. The zero-order valence-corrected chi connectivity index (χ0v) is 13.3. The molecule has 2 N–H and O–H groups in total. The number of hydrogen-bond acceptors (Lipinski definition) is 2. The second-order valence-electron chi connectivity index (χ2n) is 4.65. The molecule has 0 aromatic heterocycles. The van der Waals surface area contributed by atoms with E-state index in [4.69, 9.17) is 10.8 Å². The molecule has 22 heavy (non-hydrogen) atoms. The van der Waals surface area contributed by atoms with Crippen LogP contribution in [0.3, 0.4) is 0 Å². The van der Waals surface area contributed by atoms with Crippen molar-refractivity contribution >= 4 is 37.4 Å². The molecule has 0 atom stereocenters. The molecule has 0 unspecified atom stereocenters. The third-order valence-corrected chi connectivity index (χ3v) is 3.52. The smallest absolute Gasteiger partial charge is 0.134 e. The first-order valence-corrected chi connectivity index (χ1v) is 7.26. The lowest BCUT2D eigenvalue weighted by molar-refractivity contribution is 0.578. The number of allylic oxidation sites excluding steroid dienone is 2. The van der Waals surface area contributed by atoms with Crippen LogP contribution < -0.4 is 0 Å². The van der Waals surface area contributed by atoms with Crippen LogP contribution in [-0.2, 0) is 0 Å². The Labute approximate surface area is 135 Å². The SMILES string of the molecule is CC(=N)/C(=C(\C(=N)Br)c1c(F)cccc1F)c1ccccc1. The van der Waals surface area contributed by atoms with Crippen LogP contribution in [0.15, 0.2) is 48.5 Å². The second-order valence-corrected chi connectivity index (χ2v) is 5.44. The molecule has 2 aromatic rings. The molecule has 0 amide bonds. The summed E-state index contributed by atoms with van der Waals surface area (Å²) in [5, 5.41) is 15.9. The molecule has 0 fully saturated rings. The minimum absolute atomic E-state index is 0.0225. The van der Waals surface area contributed by atoms with Gasteiger partial charge in [0.1, 0.15) is 16.3 Å². The van der Waals surface area contributed by atoms with Gasteiger partial charge in [0.2, 0.25) is 0 Å². The lowest BCUT2D eigenvalue weighted by Gasteiger charge is -2.15. The number of rotatable bonds is 4. The van der Waals surface area contributed by atoms with Gasteiger partial charge in [0.05, 0.1) is 5.56 Å². The van der Waals surface area contributed by atoms with Crippen molar-refractivity contribution in [1.82, 2.24) is 0 Å². The Morgan fingerprint density at radius 3 is 1.86 bits per heavy atom. The molecule has 0 heterocycles. The summed E-state index contributed by atoms with van der Waals surface area (Å²) in [6.45, 7) is 1.52. The Kier molecular flexibility index (Phi) is 4.98. The van der Waals surface area contributed by atoms with Crippen molar-refractivity contribution in [2.45, 2.75) is 6.92 Å². The molecule has 112 valence electrons. The Bertz CT molecular complexity index is 747. The third kappa shape index (κ3) is 3.20. The van der Waals surface area contributed by atoms with E-state index in [0.29, 0.717) is 11.1 Å². The number of nitrogens with one attached hydrogen (secondary N) is 2. The summed E-state index contributed by atoms with van der Waals surface area (Å²) in [6, 6.07) is 12.4. The van der Waals surface area contributed by atoms with Crippen molar-refractivity contribution in [3.8, 4) is 0 Å². The summed E-state index contributed by atoms with van der Waals surface area (Å²) in [5.74, 6) is -1.54. The molecule has 0 radical (unpaired) electrons. The fraction of sp³-hybridized carbons (Fsp3) is 0.0588. The number of halogens is 3. The highest BCUT2D eigenvalue weighted by atomic mass is 79.9. The molecular weight excluding hydrogens is 350 g/mol. The van der Waals surface area contributed by atoms with Crippen LogP contribution in [0.4, 0.5) is 8.78 Å². The molecule has 2 nitrogen and oxygen atoms in total. The Hall–Kier alpha value is -2.14. The largest absolute Gasteiger partial charge is 0.305 e. The highest BCUT2D eigenvalue weighted by Crippen LogP contribution is 2.33. The van der Waals surface area contributed by atoms with Gasteiger partial charge in [-0.2, -0.15) is 0 Å². The maximum Gasteiger partial charge on any atom is 0.134 e. The molecule has 5 heteroatoms. The maximum absolute atomic E-state index is 14.1. The zero-order chi connectivity index (χ0) is 16.3. The van der Waals surface area contributed by atoms with Crippen molar-refractivity contribution in [2.24, 2.45) is 0 Å². The standard InChI is InChI=1S/C17H13BrF2N2/c1-10(21)14(11-6-3-2-4-7-11)16(17(18)22)15-12(19)8-5-9-13(15)20/h2-9,21-22H,1H3/b16-14+,21-10?,22-17?. The minimum atomic E-state index is -0.770. The summed E-state index contributed by atoms with van der Waals surface area (Å²) in [5.41, 5.74) is 0.764. The Balaban J connectivity index is 2.88. The first-order chi connectivity index (χ1) is 10.4. The van der Waals surface area contributed by atoms with Crippen LogP contribution in [0.1, 0.15) is 18.1 Å². The van der Waals surface area contributed by atoms with Gasteiger partial charge in [-0.1, -0.05) is 36.4 Å². The minimum Gasteiger partial charge on any atom is -0.305 e. The van der Waals surface area contributed by atoms with Gasteiger partial charge < -0.3 is 5.41 Å². The van der Waals surface area contributed by atoms with Gasteiger partial charge in [-0.15, -0.1) is 0 Å². The predicted octanol–water partition coefficient (Wildman–Crippen LogP) is 5.29. The second kappa shape index (κ2) is 6.75. The average molecular weight is 363 g/mol. The molecule has 2 rings (SSSR count). The van der Waals surface area contributed by atoms with E-state index in [1.165, 1.54) is 13.0 Å². The monoisotopic (exact) mass is 362 g/mol. The molecule has 0 aliphatic rings. The van der Waals surface area contributed by atoms with Crippen LogP contribution in [0.5, 0.6) is 0 Å². The van der Waals surface area contributed by atoms with E-state index in [0.717, 1.165) is 12.1 Å². The molecule has 0 aliphatic carbocycles. The van der Waals surface area contributed by atoms with E-state index in [2.05, 4.69) is 15.9 Å². The van der Waals surface area contributed by atoms with Crippen LogP contribution in [0.25, 0.3) is 11.1 Å². The van der Waals surface area contributed by atoms with E-state index in [1.807, 2.05) is 6.07 Å². The normalized spacial score (nSPS) is 11.8. The van der Waals surface area contributed by atoms with E-state index in [9.17, 15) is 8.78 Å². The van der Waals surface area contributed by atoms with Crippen molar-refractivity contribution in [3.05, 3.63) is 71.3 Å². The van der Waals surface area contributed by atoms with Crippen molar-refractivity contribution in [1.29, 1.82) is 10.8 Å². The van der Waals surface area contributed by atoms with Gasteiger partial charge >= 0.3 is 0 Å². The molecule has 0 saturated carbocycles. The first kappa shape index (κ1) is 16.2. The van der Waals surface area contributed by atoms with Crippen LogP contribution in [0, 0.1) is 22.5 Å². The van der Waals surface area contributed by atoms with Crippen LogP contribution in [-0.4, -0.2) is 10.3 Å². The van der Waals surface area contributed by atoms with Gasteiger partial charge in [0.15, 0.2) is 0 Å². The average Bonchev–Trinajstić information content (AvgIpc) is 2.46. The Morgan fingerprint density at radius 1 is 0.864 bits per heavy atom. The zero-order valence-electron chi connectivity index (χ0n) is 11.8. The topological polar surface area (TPSA) is 47.7 Å². The summed E-state index contributed by atoms with van der Waals surface area (Å²) < 4.78 is 28.1. The molecule has 0 spiro atoms. The van der Waals surface area contributed by atoms with Crippen LogP contribution in [0.2, 0.25) is 0 Å². The summed E-state index contributed by atoms with van der Waals surface area (Å²) in [6.07, 6.45) is 0. The van der Waals surface area contributed by atoms with Crippen molar-refractivity contribution in [3.63, 3.8) is 0 Å². The van der Waals surface area contributed by atoms with Crippen molar-refractivity contribution < 1.29 is 8.78 Å². The molecule has 0 aliphatic heterocycles. The van der Waals surface area contributed by atoms with Crippen LogP contribution >= 0.6 is 15.9 Å². The van der Waals surface area contributed by atoms with E-state index in [-0.39, 0.29) is 21.5 Å². The maximum atomic E-state index is 14.1. The fourth-order valence-corrected chi connectivity index (χ4v) is 2.63. The summed E-state index contributed by atoms with van der Waals surface area (Å²) in [4.78, 5) is 0. The molecule has 2 aromatic carbocycles. The highest BCUT2D eigenvalue weighted by Gasteiger charge is 2.22. The highest BCUT2D eigenvalue weighted by molar-refractivity contribution is 9.18. The Morgan fingerprint density at radius 2 is 1.41 bits per heavy atom. The van der Waals surface area contributed by atoms with E-state index >= 15 is 0 Å². The van der Waals surface area contributed by atoms with Gasteiger partial charge in [0.25, 0.3) is 0 Å². The molecular formula is C17H13BrF2N2. The van der Waals surface area contributed by atoms with E-state index in [1.54, 1.807) is 24.3 Å². The third-order valence-electron chi connectivity index (χ3n) is 3.12. The predicted molar refractivity (Wildman–Crippen MR) is 89.7 cm³/mol. The molecule has 0 saturated heterocycles. The first-order valence-electron chi connectivity index (χ1n) is 6.47. The van der Waals surface area contributed by atoms with Gasteiger partial charge in [-0.25, -0.2) is 8.78 Å². The van der Waals surface area contributed by atoms with Gasteiger partial charge in [0, 0.05) is 16.9 Å². The lowest BCUT2D eigenvalue weighted by Crippen LogP contribution is -2.07. The number of hydrogen-bond donors (Lipinski definition) is 2. The van der Waals surface area contributed by atoms with Gasteiger partial charge in [-0.3, -0.25) is 5.41 Å². The quantitative estimate of drug-likeness (QED) is 0.548. The molecule has 0 bridgehead atoms. The number of benzene rings is 2. The summed E-state index contributed by atoms with van der Waals surface area (Å²) in [7, 11) is 0. The van der Waals surface area contributed by atoms with Crippen molar-refractivity contribution in [2.75, 3.05) is 0 Å².